The first kappa shape index (κ1) is 17.2. The summed E-state index contributed by atoms with van der Waals surface area (Å²) in [4.78, 5) is 22.5. The fourth-order valence-corrected chi connectivity index (χ4v) is 2.08. The summed E-state index contributed by atoms with van der Waals surface area (Å²) in [6, 6.07) is 10.3. The Morgan fingerprint density at radius 3 is 2.55 bits per heavy atom. The van der Waals surface area contributed by atoms with E-state index in [4.69, 9.17) is 10.5 Å². The van der Waals surface area contributed by atoms with E-state index in [9.17, 15) is 14.9 Å². The molecule has 0 aliphatic carbocycles. The number of benzene rings is 1. The Labute approximate surface area is 128 Å². The Balaban J connectivity index is 3.07. The first-order valence-corrected chi connectivity index (χ1v) is 6.60. The number of nitrogens with one attached hydrogen (secondary N) is 1. The molecule has 7 nitrogen and oxygen atoms in total. The minimum absolute atomic E-state index is 0.303. The molecule has 0 aliphatic heterocycles. The third-order valence-electron chi connectivity index (χ3n) is 3.10. The number of hydrazone groups is 1. The van der Waals surface area contributed by atoms with E-state index >= 15 is 0 Å². The van der Waals surface area contributed by atoms with Crippen LogP contribution >= 0.6 is 0 Å². The van der Waals surface area contributed by atoms with Crippen molar-refractivity contribution < 1.29 is 14.3 Å². The first-order valence-electron chi connectivity index (χ1n) is 6.60. The molecule has 0 saturated carbocycles. The molecule has 116 valence electrons. The number of methoxy groups -OCH3 is 1. The number of amides is 2. The van der Waals surface area contributed by atoms with Gasteiger partial charge in [-0.15, -0.1) is 0 Å². The van der Waals surface area contributed by atoms with E-state index in [1.54, 1.807) is 6.92 Å². The van der Waals surface area contributed by atoms with Gasteiger partial charge >= 0.3 is 12.0 Å². The van der Waals surface area contributed by atoms with Crippen molar-refractivity contribution in [1.29, 1.82) is 5.26 Å². The van der Waals surface area contributed by atoms with Gasteiger partial charge in [0, 0.05) is 11.6 Å². The molecule has 22 heavy (non-hydrogen) atoms. The van der Waals surface area contributed by atoms with E-state index in [2.05, 4.69) is 10.5 Å². The highest BCUT2D eigenvalue weighted by atomic mass is 16.5. The molecule has 2 amide bonds. The molecule has 0 heterocycles. The van der Waals surface area contributed by atoms with Crippen molar-refractivity contribution in [3.05, 3.63) is 35.9 Å². The number of primary amides is 1. The molecule has 0 saturated heterocycles. The quantitative estimate of drug-likeness (QED) is 0.470. The fraction of sp³-hybridized carbons (Fsp3) is 0.333. The van der Waals surface area contributed by atoms with Crippen LogP contribution in [0.2, 0.25) is 0 Å². The van der Waals surface area contributed by atoms with Crippen molar-refractivity contribution >= 4 is 17.7 Å². The lowest BCUT2D eigenvalue weighted by Gasteiger charge is -2.20. The van der Waals surface area contributed by atoms with E-state index in [1.807, 2.05) is 36.4 Å². The predicted octanol–water partition coefficient (Wildman–Crippen LogP) is 1.52. The summed E-state index contributed by atoms with van der Waals surface area (Å²) >= 11 is 0. The Morgan fingerprint density at radius 1 is 1.41 bits per heavy atom. The molecule has 0 fully saturated rings. The molecule has 2 atom stereocenters. The standard InChI is InChI=1S/C15H18N4O3/c1-10(18-19-15(17)21)8-12(11-6-4-3-5-7-11)13(9-16)14(20)22-2/h3-7,12-13H,8H2,1-2H3,(H3,17,19,21)/b18-10-. The highest BCUT2D eigenvalue weighted by molar-refractivity contribution is 5.86. The van der Waals surface area contributed by atoms with Gasteiger partial charge < -0.3 is 10.5 Å². The lowest BCUT2D eigenvalue weighted by atomic mass is 9.83. The van der Waals surface area contributed by atoms with Gasteiger partial charge in [-0.25, -0.2) is 10.2 Å². The minimum Gasteiger partial charge on any atom is -0.468 e. The molecule has 0 bridgehead atoms. The summed E-state index contributed by atoms with van der Waals surface area (Å²) < 4.78 is 4.69. The number of nitrogens with two attached hydrogens (primary N) is 1. The van der Waals surface area contributed by atoms with Crippen LogP contribution in [0, 0.1) is 17.2 Å². The van der Waals surface area contributed by atoms with Crippen molar-refractivity contribution in [3.63, 3.8) is 0 Å². The van der Waals surface area contributed by atoms with E-state index in [1.165, 1.54) is 7.11 Å². The largest absolute Gasteiger partial charge is 0.468 e. The molecule has 0 spiro atoms. The SMILES string of the molecule is COC(=O)C(C#N)C(C/C(C)=N\NC(N)=O)c1ccccc1. The average Bonchev–Trinajstić information content (AvgIpc) is 2.53. The number of hydrogen-bond acceptors (Lipinski definition) is 5. The summed E-state index contributed by atoms with van der Waals surface area (Å²) in [6.07, 6.45) is 0.303. The zero-order valence-electron chi connectivity index (χ0n) is 12.4. The lowest BCUT2D eigenvalue weighted by Crippen LogP contribution is -2.27. The molecule has 7 heteroatoms. The number of rotatable bonds is 6. The number of hydrogen-bond donors (Lipinski definition) is 2. The topological polar surface area (TPSA) is 118 Å². The van der Waals surface area contributed by atoms with Crippen molar-refractivity contribution in [2.45, 2.75) is 19.3 Å². The third kappa shape index (κ3) is 4.90. The molecule has 2 unspecified atom stereocenters. The molecule has 1 rings (SSSR count). The molecule has 3 N–H and O–H groups in total. The first-order chi connectivity index (χ1) is 10.5. The van der Waals surface area contributed by atoms with Crippen LogP contribution in [0.25, 0.3) is 0 Å². The van der Waals surface area contributed by atoms with Gasteiger partial charge in [0.1, 0.15) is 0 Å². The normalized spacial score (nSPS) is 13.6. The van der Waals surface area contributed by atoms with Crippen molar-refractivity contribution in [3.8, 4) is 6.07 Å². The van der Waals surface area contributed by atoms with Crippen molar-refractivity contribution in [2.24, 2.45) is 16.8 Å². The predicted molar refractivity (Wildman–Crippen MR) is 80.7 cm³/mol. The second-order valence-corrected chi connectivity index (χ2v) is 4.67. The van der Waals surface area contributed by atoms with Gasteiger partial charge in [-0.05, 0) is 18.9 Å². The number of nitriles is 1. The highest BCUT2D eigenvalue weighted by Gasteiger charge is 2.31. The van der Waals surface area contributed by atoms with E-state index in [0.29, 0.717) is 12.1 Å². The van der Waals surface area contributed by atoms with Crippen LogP contribution in [0.5, 0.6) is 0 Å². The second kappa shape index (κ2) is 8.42. The van der Waals surface area contributed by atoms with Gasteiger partial charge in [-0.2, -0.15) is 10.4 Å². The van der Waals surface area contributed by atoms with Crippen LogP contribution in [0.4, 0.5) is 4.79 Å². The molecule has 1 aromatic rings. The molecule has 0 radical (unpaired) electrons. The maximum absolute atomic E-state index is 11.8. The van der Waals surface area contributed by atoms with Gasteiger partial charge in [0.05, 0.1) is 13.2 Å². The maximum Gasteiger partial charge on any atom is 0.332 e. The molecular formula is C15H18N4O3. The summed E-state index contributed by atoms with van der Waals surface area (Å²) in [5.74, 6) is -2.00. The zero-order chi connectivity index (χ0) is 16.5. The third-order valence-corrected chi connectivity index (χ3v) is 3.10. The van der Waals surface area contributed by atoms with E-state index in [0.717, 1.165) is 5.56 Å². The van der Waals surface area contributed by atoms with E-state index in [-0.39, 0.29) is 0 Å². The van der Waals surface area contributed by atoms with Crippen LogP contribution in [-0.4, -0.2) is 24.8 Å². The summed E-state index contributed by atoms with van der Waals surface area (Å²) in [6.45, 7) is 1.68. The molecular weight excluding hydrogens is 284 g/mol. The van der Waals surface area contributed by atoms with Crippen molar-refractivity contribution in [1.82, 2.24) is 5.43 Å². The van der Waals surface area contributed by atoms with Crippen LogP contribution in [0.3, 0.4) is 0 Å². The maximum atomic E-state index is 11.8. The minimum atomic E-state index is -0.967. The number of urea groups is 1. The summed E-state index contributed by atoms with van der Waals surface area (Å²) in [5.41, 5.74) is 8.44. The number of carbonyl (C=O) groups is 2. The Morgan fingerprint density at radius 2 is 2.05 bits per heavy atom. The van der Waals surface area contributed by atoms with Crippen LogP contribution < -0.4 is 11.2 Å². The van der Waals surface area contributed by atoms with Gasteiger partial charge in [0.15, 0.2) is 5.92 Å². The number of esters is 1. The number of nitrogens with zero attached hydrogens (tertiary/aromatic N) is 2. The Bertz CT molecular complexity index is 593. The molecule has 0 aromatic heterocycles. The Hall–Kier alpha value is -2.88. The van der Waals surface area contributed by atoms with Crippen LogP contribution in [0.15, 0.2) is 35.4 Å². The summed E-state index contributed by atoms with van der Waals surface area (Å²) in [7, 11) is 1.24. The Kier molecular flexibility index (Phi) is 6.57. The molecule has 0 aliphatic rings. The van der Waals surface area contributed by atoms with Gasteiger partial charge in [0.2, 0.25) is 0 Å². The smallest absolute Gasteiger partial charge is 0.332 e. The van der Waals surface area contributed by atoms with Gasteiger partial charge in [0.25, 0.3) is 0 Å². The van der Waals surface area contributed by atoms with Crippen LogP contribution in [0.1, 0.15) is 24.8 Å². The van der Waals surface area contributed by atoms with Crippen LogP contribution in [-0.2, 0) is 9.53 Å². The monoisotopic (exact) mass is 302 g/mol. The fourth-order valence-electron chi connectivity index (χ4n) is 2.08. The van der Waals surface area contributed by atoms with Crippen molar-refractivity contribution in [2.75, 3.05) is 7.11 Å². The number of ether oxygens (including phenoxy) is 1. The number of carbonyl (C=O) groups excluding carboxylic acids is 2. The van der Waals surface area contributed by atoms with Gasteiger partial charge in [-0.1, -0.05) is 30.3 Å². The van der Waals surface area contributed by atoms with Gasteiger partial charge in [-0.3, -0.25) is 4.79 Å². The summed E-state index contributed by atoms with van der Waals surface area (Å²) in [5, 5.41) is 13.1. The second-order valence-electron chi connectivity index (χ2n) is 4.67. The molecule has 1 aromatic carbocycles. The zero-order valence-corrected chi connectivity index (χ0v) is 12.4. The average molecular weight is 302 g/mol. The van der Waals surface area contributed by atoms with E-state index < -0.39 is 23.8 Å². The lowest BCUT2D eigenvalue weighted by molar-refractivity contribution is -0.144. The highest BCUT2D eigenvalue weighted by Crippen LogP contribution is 2.29.